The zero-order valence-electron chi connectivity index (χ0n) is 16.6. The van der Waals surface area contributed by atoms with Crippen LogP contribution in [0.4, 0.5) is 0 Å². The van der Waals surface area contributed by atoms with Gasteiger partial charge in [-0.3, -0.25) is 0 Å². The van der Waals surface area contributed by atoms with Gasteiger partial charge in [0.1, 0.15) is 0 Å². The molecular formula is C17H42O7. The van der Waals surface area contributed by atoms with E-state index in [0.29, 0.717) is 13.2 Å². The number of aliphatic hydroxyl groups is 4. The number of rotatable bonds is 9. The Hall–Kier alpha value is -0.280. The van der Waals surface area contributed by atoms with Gasteiger partial charge in [-0.2, -0.15) is 0 Å². The molecule has 0 unspecified atom stereocenters. The molecule has 0 aliphatic rings. The van der Waals surface area contributed by atoms with Crippen LogP contribution in [0.5, 0.6) is 0 Å². The van der Waals surface area contributed by atoms with Crippen LogP contribution in [0.25, 0.3) is 0 Å². The molecule has 0 aliphatic carbocycles. The normalized spacial score (nSPS) is 9.75. The van der Waals surface area contributed by atoms with E-state index in [1.165, 1.54) is 0 Å². The lowest BCUT2D eigenvalue weighted by Gasteiger charge is -2.18. The quantitative estimate of drug-likeness (QED) is 0.459. The zero-order chi connectivity index (χ0) is 19.7. The molecule has 0 aromatic rings. The van der Waals surface area contributed by atoms with Crippen LogP contribution < -0.4 is 0 Å². The molecular weight excluding hydrogens is 316 g/mol. The van der Waals surface area contributed by atoms with Crippen molar-refractivity contribution in [2.45, 2.75) is 53.6 Å². The first kappa shape index (κ1) is 31.5. The van der Waals surface area contributed by atoms with Gasteiger partial charge in [0, 0.05) is 19.8 Å². The highest BCUT2D eigenvalue weighted by Gasteiger charge is 2.07. The largest absolute Gasteiger partial charge is 0.394 e. The Labute approximate surface area is 148 Å². The lowest BCUT2D eigenvalue weighted by Crippen LogP contribution is -2.19. The molecule has 7 heteroatoms. The minimum absolute atomic E-state index is 0.0278. The fourth-order valence-electron chi connectivity index (χ4n) is 0.844. The van der Waals surface area contributed by atoms with Crippen LogP contribution in [-0.2, 0) is 14.2 Å². The van der Waals surface area contributed by atoms with Crippen LogP contribution in [0.2, 0.25) is 0 Å². The smallest absolute Gasteiger partial charge is 0.0698 e. The van der Waals surface area contributed by atoms with Crippen molar-refractivity contribution in [1.82, 2.24) is 0 Å². The van der Waals surface area contributed by atoms with Crippen molar-refractivity contribution in [2.24, 2.45) is 0 Å². The molecule has 0 bridgehead atoms. The maximum absolute atomic E-state index is 8.09. The van der Waals surface area contributed by atoms with Gasteiger partial charge in [0.2, 0.25) is 0 Å². The molecule has 0 aromatic heterocycles. The standard InChI is InChI=1S/C7H16O.C4H10O3.C4H10O.C2H6O2/c1-5-6-8-7(2,3)4;5-1-3-7-4-2-6;1-3-5-4-2;3-1-2-4/h5-6H2,1-4H3;5-6H,1-4H2;3-4H2,1-2H3;3-4H,1-2H2. The topological polar surface area (TPSA) is 109 Å². The molecule has 0 aliphatic heterocycles. The van der Waals surface area contributed by atoms with Gasteiger partial charge in [-0.05, 0) is 41.0 Å². The molecule has 0 heterocycles. The summed E-state index contributed by atoms with van der Waals surface area (Å²) in [7, 11) is 0. The van der Waals surface area contributed by atoms with Gasteiger partial charge in [0.05, 0.1) is 45.2 Å². The zero-order valence-corrected chi connectivity index (χ0v) is 16.6. The number of ether oxygens (including phenoxy) is 3. The monoisotopic (exact) mass is 358 g/mol. The highest BCUT2D eigenvalue weighted by molar-refractivity contribution is 4.57. The van der Waals surface area contributed by atoms with Crippen LogP contribution in [0.3, 0.4) is 0 Å². The van der Waals surface area contributed by atoms with Crippen molar-refractivity contribution in [1.29, 1.82) is 0 Å². The fourth-order valence-corrected chi connectivity index (χ4v) is 0.844. The number of hydrogen-bond acceptors (Lipinski definition) is 7. The SMILES string of the molecule is CCCOC(C)(C)C.CCOCC.OCCO.OCCOCCO. The molecule has 0 spiro atoms. The highest BCUT2D eigenvalue weighted by Crippen LogP contribution is 2.05. The van der Waals surface area contributed by atoms with Gasteiger partial charge < -0.3 is 34.6 Å². The van der Waals surface area contributed by atoms with E-state index in [9.17, 15) is 0 Å². The highest BCUT2D eigenvalue weighted by atomic mass is 16.5. The van der Waals surface area contributed by atoms with Gasteiger partial charge in [0.25, 0.3) is 0 Å². The van der Waals surface area contributed by atoms with Crippen molar-refractivity contribution in [3.05, 3.63) is 0 Å². The molecule has 0 radical (unpaired) electrons. The van der Waals surface area contributed by atoms with E-state index >= 15 is 0 Å². The summed E-state index contributed by atoms with van der Waals surface area (Å²) in [5.74, 6) is 0. The van der Waals surface area contributed by atoms with E-state index in [4.69, 9.17) is 29.9 Å². The molecule has 0 aromatic carbocycles. The lowest BCUT2D eigenvalue weighted by atomic mass is 10.2. The van der Waals surface area contributed by atoms with Gasteiger partial charge >= 0.3 is 0 Å². The minimum atomic E-state index is -0.125. The second kappa shape index (κ2) is 30.6. The molecule has 0 saturated heterocycles. The third-order valence-electron chi connectivity index (χ3n) is 1.72. The molecule has 24 heavy (non-hydrogen) atoms. The molecule has 0 atom stereocenters. The Balaban J connectivity index is -0.000000115. The van der Waals surface area contributed by atoms with Gasteiger partial charge in [0.15, 0.2) is 0 Å². The maximum Gasteiger partial charge on any atom is 0.0698 e. The molecule has 0 fully saturated rings. The van der Waals surface area contributed by atoms with Crippen molar-refractivity contribution in [3.8, 4) is 0 Å². The molecule has 4 N–H and O–H groups in total. The molecule has 0 rings (SSSR count). The first-order valence-corrected chi connectivity index (χ1v) is 8.53. The second-order valence-electron chi connectivity index (χ2n) is 5.25. The third kappa shape index (κ3) is 67.9. The van der Waals surface area contributed by atoms with Crippen LogP contribution in [0.1, 0.15) is 48.0 Å². The van der Waals surface area contributed by atoms with Crippen molar-refractivity contribution < 1.29 is 34.6 Å². The Bertz CT molecular complexity index is 165. The van der Waals surface area contributed by atoms with Crippen LogP contribution in [0.15, 0.2) is 0 Å². The maximum atomic E-state index is 8.09. The van der Waals surface area contributed by atoms with E-state index < -0.39 is 0 Å². The first-order valence-electron chi connectivity index (χ1n) is 8.53. The van der Waals surface area contributed by atoms with Crippen molar-refractivity contribution in [2.75, 3.05) is 59.5 Å². The third-order valence-corrected chi connectivity index (χ3v) is 1.72. The Morgan fingerprint density at radius 1 is 0.625 bits per heavy atom. The van der Waals surface area contributed by atoms with Crippen LogP contribution in [-0.4, -0.2) is 85.5 Å². The molecule has 0 amide bonds. The molecule has 7 nitrogen and oxygen atoms in total. The van der Waals surface area contributed by atoms with Crippen molar-refractivity contribution in [3.63, 3.8) is 0 Å². The second-order valence-corrected chi connectivity index (χ2v) is 5.25. The first-order chi connectivity index (χ1) is 11.3. The average molecular weight is 359 g/mol. The summed E-state index contributed by atoms with van der Waals surface area (Å²) >= 11 is 0. The lowest BCUT2D eigenvalue weighted by molar-refractivity contribution is -0.00236. The van der Waals surface area contributed by atoms with E-state index in [2.05, 4.69) is 32.4 Å². The summed E-state index contributed by atoms with van der Waals surface area (Å²) in [5.41, 5.74) is 0.0516. The molecule has 0 saturated carbocycles. The molecule has 152 valence electrons. The minimum Gasteiger partial charge on any atom is -0.394 e. The summed E-state index contributed by atoms with van der Waals surface area (Å²) in [4.78, 5) is 0. The van der Waals surface area contributed by atoms with E-state index in [1.54, 1.807) is 0 Å². The van der Waals surface area contributed by atoms with Crippen LogP contribution >= 0.6 is 0 Å². The summed E-state index contributed by atoms with van der Waals surface area (Å²) in [6.07, 6.45) is 1.11. The summed E-state index contributed by atoms with van der Waals surface area (Å²) in [6, 6.07) is 0. The van der Waals surface area contributed by atoms with E-state index in [1.807, 2.05) is 13.8 Å². The Kier molecular flexibility index (Phi) is 40.1. The summed E-state index contributed by atoms with van der Waals surface area (Å²) in [6.45, 7) is 15.3. The summed E-state index contributed by atoms with van der Waals surface area (Å²) < 4.78 is 14.8. The Morgan fingerprint density at radius 2 is 1.04 bits per heavy atom. The van der Waals surface area contributed by atoms with Gasteiger partial charge in [-0.25, -0.2) is 0 Å². The van der Waals surface area contributed by atoms with Crippen molar-refractivity contribution >= 4 is 0 Å². The van der Waals surface area contributed by atoms with Gasteiger partial charge in [-0.15, -0.1) is 0 Å². The average Bonchev–Trinajstić information content (AvgIpc) is 2.55. The number of aliphatic hydroxyl groups excluding tert-OH is 4. The van der Waals surface area contributed by atoms with E-state index in [0.717, 1.165) is 26.2 Å². The van der Waals surface area contributed by atoms with Crippen LogP contribution in [0, 0.1) is 0 Å². The Morgan fingerprint density at radius 3 is 1.17 bits per heavy atom. The predicted molar refractivity (Wildman–Crippen MR) is 97.3 cm³/mol. The van der Waals surface area contributed by atoms with Gasteiger partial charge in [-0.1, -0.05) is 6.92 Å². The number of hydrogen-bond donors (Lipinski definition) is 4. The van der Waals surface area contributed by atoms with E-state index in [-0.39, 0.29) is 32.0 Å². The fraction of sp³-hybridized carbons (Fsp3) is 1.00. The summed E-state index contributed by atoms with van der Waals surface area (Å²) in [5, 5.41) is 31.4. The predicted octanol–water partition coefficient (Wildman–Crippen LogP) is 1.21.